The minimum absolute atomic E-state index is 0.0675. The first-order chi connectivity index (χ1) is 15.0. The van der Waals surface area contributed by atoms with Crippen molar-refractivity contribution < 1.29 is 32.2 Å². The number of alkyl halides is 2. The maximum Gasteiger partial charge on any atom is 0.387 e. The van der Waals surface area contributed by atoms with E-state index < -0.39 is 6.61 Å². The summed E-state index contributed by atoms with van der Waals surface area (Å²) in [6, 6.07) is 11.4. The quantitative estimate of drug-likeness (QED) is 0.480. The molecule has 8 nitrogen and oxygen atoms in total. The van der Waals surface area contributed by atoms with Crippen LogP contribution >= 0.6 is 11.8 Å². The summed E-state index contributed by atoms with van der Waals surface area (Å²) < 4.78 is 45.0. The molecule has 2 heterocycles. The fourth-order valence-corrected chi connectivity index (χ4v) is 3.49. The maximum absolute atomic E-state index is 12.4. The highest BCUT2D eigenvalue weighted by atomic mass is 32.2. The van der Waals surface area contributed by atoms with Gasteiger partial charge in [-0.3, -0.25) is 4.79 Å². The highest BCUT2D eigenvalue weighted by Gasteiger charge is 2.18. The molecular weight excluding hydrogens is 432 g/mol. The molecule has 1 amide bonds. The topological polar surface area (TPSA) is 86.9 Å². The van der Waals surface area contributed by atoms with Gasteiger partial charge in [-0.1, -0.05) is 23.9 Å². The number of ether oxygens (including phenoxy) is 3. The lowest BCUT2D eigenvalue weighted by atomic mass is 10.2. The predicted octanol–water partition coefficient (Wildman–Crippen LogP) is 3.82. The highest BCUT2D eigenvalue weighted by Crippen LogP contribution is 2.36. The molecule has 0 fully saturated rings. The molecular formula is C20H17F2N3O5S. The smallest absolute Gasteiger partial charge is 0.387 e. The van der Waals surface area contributed by atoms with Gasteiger partial charge in [-0.05, 0) is 35.9 Å². The van der Waals surface area contributed by atoms with Gasteiger partial charge in [0.25, 0.3) is 5.22 Å². The van der Waals surface area contributed by atoms with E-state index >= 15 is 0 Å². The predicted molar refractivity (Wildman–Crippen MR) is 106 cm³/mol. The summed E-state index contributed by atoms with van der Waals surface area (Å²) in [6.45, 7) is -2.38. The van der Waals surface area contributed by atoms with Crippen molar-refractivity contribution in [2.45, 2.75) is 18.4 Å². The molecule has 1 aliphatic rings. The Bertz CT molecular complexity index is 1060. The Labute approximate surface area is 180 Å². The van der Waals surface area contributed by atoms with Crippen LogP contribution in [0, 0.1) is 0 Å². The van der Waals surface area contributed by atoms with Gasteiger partial charge >= 0.3 is 6.61 Å². The van der Waals surface area contributed by atoms with Crippen molar-refractivity contribution in [3.63, 3.8) is 0 Å². The first kappa shape index (κ1) is 20.9. The largest absolute Gasteiger partial charge is 0.454 e. The normalized spacial score (nSPS) is 12.3. The zero-order chi connectivity index (χ0) is 21.8. The lowest BCUT2D eigenvalue weighted by molar-refractivity contribution is -0.127. The summed E-state index contributed by atoms with van der Waals surface area (Å²) in [5.41, 5.74) is 1.47. The Hall–Kier alpha value is -3.34. The van der Waals surface area contributed by atoms with Gasteiger partial charge in [-0.15, -0.1) is 10.2 Å². The van der Waals surface area contributed by atoms with Gasteiger partial charge in [-0.2, -0.15) is 8.78 Å². The van der Waals surface area contributed by atoms with Crippen LogP contribution in [0.25, 0.3) is 11.5 Å². The van der Waals surface area contributed by atoms with Gasteiger partial charge in [0.2, 0.25) is 18.6 Å². The Balaban J connectivity index is 1.29. The molecule has 4 rings (SSSR count). The standard InChI is InChI=1S/C20H17F2N3O5S/c1-25(9-12-2-5-14(6-3-12)29-19(21)22)17(26)10-31-20-24-23-18(30-20)13-4-7-15-16(8-13)28-11-27-15/h2-8,19H,9-11H2,1H3. The summed E-state index contributed by atoms with van der Waals surface area (Å²) in [4.78, 5) is 13.9. The molecule has 0 N–H and O–H groups in total. The molecule has 0 saturated carbocycles. The van der Waals surface area contributed by atoms with Gasteiger partial charge in [0.05, 0.1) is 5.75 Å². The second-order valence-electron chi connectivity index (χ2n) is 6.50. The number of hydrogen-bond acceptors (Lipinski definition) is 8. The van der Waals surface area contributed by atoms with Gasteiger partial charge in [0.15, 0.2) is 11.5 Å². The molecule has 0 bridgehead atoms. The number of carbonyl (C=O) groups excluding carboxylic acids is 1. The highest BCUT2D eigenvalue weighted by molar-refractivity contribution is 7.99. The van der Waals surface area contributed by atoms with E-state index in [9.17, 15) is 13.6 Å². The van der Waals surface area contributed by atoms with E-state index in [4.69, 9.17) is 13.9 Å². The average Bonchev–Trinajstić information content (AvgIpc) is 3.41. The van der Waals surface area contributed by atoms with E-state index in [1.165, 1.54) is 17.0 Å². The second-order valence-corrected chi connectivity index (χ2v) is 7.43. The Morgan fingerprint density at radius 1 is 1.16 bits per heavy atom. The summed E-state index contributed by atoms with van der Waals surface area (Å²) in [5, 5.41) is 8.24. The monoisotopic (exact) mass is 449 g/mol. The number of carbonyl (C=O) groups is 1. The Morgan fingerprint density at radius 2 is 1.94 bits per heavy atom. The number of rotatable bonds is 8. The lowest BCUT2D eigenvalue weighted by Gasteiger charge is -2.17. The molecule has 0 atom stereocenters. The molecule has 0 unspecified atom stereocenters. The SMILES string of the molecule is CN(Cc1ccc(OC(F)F)cc1)C(=O)CSc1nnc(-c2ccc3c(c2)OCO3)o1. The van der Waals surface area contributed by atoms with E-state index in [0.717, 1.165) is 17.3 Å². The number of fused-ring (bicyclic) bond motifs is 1. The number of halogens is 2. The van der Waals surface area contributed by atoms with Crippen LogP contribution in [-0.2, 0) is 11.3 Å². The van der Waals surface area contributed by atoms with Gasteiger partial charge in [0.1, 0.15) is 5.75 Å². The first-order valence-electron chi connectivity index (χ1n) is 9.12. The molecule has 11 heteroatoms. The third-order valence-electron chi connectivity index (χ3n) is 4.34. The lowest BCUT2D eigenvalue weighted by Crippen LogP contribution is -2.27. The summed E-state index contributed by atoms with van der Waals surface area (Å²) in [6.07, 6.45) is 0. The van der Waals surface area contributed by atoms with E-state index in [0.29, 0.717) is 29.5 Å². The van der Waals surface area contributed by atoms with E-state index in [1.54, 1.807) is 37.4 Å². The molecule has 0 radical (unpaired) electrons. The molecule has 1 aliphatic heterocycles. The van der Waals surface area contributed by atoms with E-state index in [2.05, 4.69) is 14.9 Å². The van der Waals surface area contributed by atoms with Gasteiger partial charge < -0.3 is 23.5 Å². The zero-order valence-electron chi connectivity index (χ0n) is 16.3. The number of benzene rings is 2. The van der Waals surface area contributed by atoms with Crippen LogP contribution in [-0.4, -0.2) is 47.2 Å². The van der Waals surface area contributed by atoms with Crippen molar-refractivity contribution in [2.75, 3.05) is 19.6 Å². The first-order valence-corrected chi connectivity index (χ1v) is 10.1. The summed E-state index contributed by atoms with van der Waals surface area (Å²) in [5.74, 6) is 1.59. The molecule has 0 saturated heterocycles. The van der Waals surface area contributed by atoms with Gasteiger partial charge in [-0.25, -0.2) is 0 Å². The van der Waals surface area contributed by atoms with Crippen LogP contribution in [0.4, 0.5) is 8.78 Å². The molecule has 31 heavy (non-hydrogen) atoms. The molecule has 3 aromatic rings. The second kappa shape index (κ2) is 9.21. The minimum Gasteiger partial charge on any atom is -0.454 e. The number of aromatic nitrogens is 2. The van der Waals surface area contributed by atoms with Crippen LogP contribution in [0.2, 0.25) is 0 Å². The third kappa shape index (κ3) is 5.23. The molecule has 162 valence electrons. The van der Waals surface area contributed by atoms with E-state index in [1.807, 2.05) is 0 Å². The van der Waals surface area contributed by atoms with Crippen LogP contribution in [0.3, 0.4) is 0 Å². The van der Waals surface area contributed by atoms with Crippen molar-refractivity contribution in [3.05, 3.63) is 48.0 Å². The maximum atomic E-state index is 12.4. The molecule has 0 aliphatic carbocycles. The van der Waals surface area contributed by atoms with Crippen LogP contribution in [0.1, 0.15) is 5.56 Å². The van der Waals surface area contributed by atoms with Crippen LogP contribution < -0.4 is 14.2 Å². The Morgan fingerprint density at radius 3 is 2.71 bits per heavy atom. The van der Waals surface area contributed by atoms with Crippen LogP contribution in [0.15, 0.2) is 52.1 Å². The van der Waals surface area contributed by atoms with Crippen molar-refractivity contribution in [2.24, 2.45) is 0 Å². The van der Waals surface area contributed by atoms with Gasteiger partial charge in [0, 0.05) is 19.2 Å². The molecule has 0 spiro atoms. The van der Waals surface area contributed by atoms with Crippen molar-refractivity contribution in [3.8, 4) is 28.7 Å². The Kier molecular flexibility index (Phi) is 6.21. The van der Waals surface area contributed by atoms with Crippen molar-refractivity contribution in [1.29, 1.82) is 0 Å². The number of hydrogen-bond donors (Lipinski definition) is 0. The molecule has 1 aromatic heterocycles. The molecule has 2 aromatic carbocycles. The van der Waals surface area contributed by atoms with Crippen molar-refractivity contribution >= 4 is 17.7 Å². The number of thioether (sulfide) groups is 1. The summed E-state index contributed by atoms with van der Waals surface area (Å²) >= 11 is 1.13. The fraction of sp³-hybridized carbons (Fsp3) is 0.250. The fourth-order valence-electron chi connectivity index (χ4n) is 2.79. The van der Waals surface area contributed by atoms with Crippen LogP contribution in [0.5, 0.6) is 17.2 Å². The number of nitrogens with zero attached hydrogens (tertiary/aromatic N) is 3. The van der Waals surface area contributed by atoms with E-state index in [-0.39, 0.29) is 29.4 Å². The third-order valence-corrected chi connectivity index (χ3v) is 5.14. The average molecular weight is 449 g/mol. The van der Waals surface area contributed by atoms with Crippen molar-refractivity contribution in [1.82, 2.24) is 15.1 Å². The zero-order valence-corrected chi connectivity index (χ0v) is 17.1. The minimum atomic E-state index is -2.87. The number of amides is 1. The summed E-state index contributed by atoms with van der Waals surface area (Å²) in [7, 11) is 1.65.